The average molecular weight is 214 g/mol. The summed E-state index contributed by atoms with van der Waals surface area (Å²) in [6.07, 6.45) is 2.01. The molecule has 5 nitrogen and oxygen atoms in total. The third kappa shape index (κ3) is 4.29. The maximum Gasteiger partial charge on any atom is 0.305 e. The summed E-state index contributed by atoms with van der Waals surface area (Å²) in [5, 5.41) is 5.89. The molecule has 0 spiro atoms. The monoisotopic (exact) mass is 214 g/mol. The van der Waals surface area contributed by atoms with Crippen LogP contribution in [-0.2, 0) is 14.3 Å². The van der Waals surface area contributed by atoms with Gasteiger partial charge in [-0.1, -0.05) is 0 Å². The molecule has 1 amide bonds. The van der Waals surface area contributed by atoms with Crippen LogP contribution in [0.4, 0.5) is 0 Å². The van der Waals surface area contributed by atoms with Gasteiger partial charge in [-0.05, 0) is 12.8 Å². The molecule has 1 fully saturated rings. The van der Waals surface area contributed by atoms with Gasteiger partial charge >= 0.3 is 5.97 Å². The van der Waals surface area contributed by atoms with Crippen LogP contribution in [0, 0.1) is 5.92 Å². The number of hydrogen-bond acceptors (Lipinski definition) is 4. The molecule has 15 heavy (non-hydrogen) atoms. The van der Waals surface area contributed by atoms with E-state index in [1.165, 1.54) is 7.11 Å². The molecule has 1 aliphatic heterocycles. The number of carbonyl (C=O) groups is 2. The van der Waals surface area contributed by atoms with E-state index in [9.17, 15) is 9.59 Å². The molecule has 0 aromatic heterocycles. The molecule has 86 valence electrons. The number of esters is 1. The first-order chi connectivity index (χ1) is 7.24. The molecule has 0 bridgehead atoms. The van der Waals surface area contributed by atoms with Crippen molar-refractivity contribution in [2.75, 3.05) is 26.7 Å². The Morgan fingerprint density at radius 1 is 1.40 bits per heavy atom. The van der Waals surface area contributed by atoms with Crippen molar-refractivity contribution < 1.29 is 14.3 Å². The number of unbranched alkanes of at least 4 members (excludes halogenated alkanes) is 1. The van der Waals surface area contributed by atoms with Crippen LogP contribution in [0.1, 0.15) is 19.3 Å². The van der Waals surface area contributed by atoms with E-state index in [0.29, 0.717) is 13.0 Å². The van der Waals surface area contributed by atoms with E-state index in [-0.39, 0.29) is 17.8 Å². The van der Waals surface area contributed by atoms with Gasteiger partial charge in [0.15, 0.2) is 0 Å². The second kappa shape index (κ2) is 6.40. The third-order valence-electron chi connectivity index (χ3n) is 2.49. The lowest BCUT2D eigenvalue weighted by Crippen LogP contribution is -2.50. The number of methoxy groups -OCH3 is 1. The highest BCUT2D eigenvalue weighted by Crippen LogP contribution is 2.02. The molecule has 1 rings (SSSR count). The summed E-state index contributed by atoms with van der Waals surface area (Å²) < 4.78 is 4.51. The fourth-order valence-electron chi connectivity index (χ4n) is 1.33. The van der Waals surface area contributed by atoms with E-state index in [1.807, 2.05) is 0 Å². The van der Waals surface area contributed by atoms with Crippen LogP contribution in [0.2, 0.25) is 0 Å². The number of nitrogens with one attached hydrogen (secondary N) is 2. The Labute approximate surface area is 89.6 Å². The normalized spacial score (nSPS) is 15.5. The molecule has 1 aliphatic rings. The first kappa shape index (κ1) is 12.0. The van der Waals surface area contributed by atoms with E-state index in [1.54, 1.807) is 0 Å². The molecule has 0 aliphatic carbocycles. The van der Waals surface area contributed by atoms with Crippen LogP contribution >= 0.6 is 0 Å². The molecule has 1 saturated heterocycles. The zero-order chi connectivity index (χ0) is 11.1. The van der Waals surface area contributed by atoms with Crippen LogP contribution < -0.4 is 10.6 Å². The van der Waals surface area contributed by atoms with Crippen molar-refractivity contribution in [3.63, 3.8) is 0 Å². The highest BCUT2D eigenvalue weighted by molar-refractivity contribution is 5.79. The van der Waals surface area contributed by atoms with Gasteiger partial charge in [0.05, 0.1) is 13.0 Å². The number of amides is 1. The lowest BCUT2D eigenvalue weighted by atomic mass is 10.0. The van der Waals surface area contributed by atoms with Crippen LogP contribution in [-0.4, -0.2) is 38.6 Å². The van der Waals surface area contributed by atoms with Crippen molar-refractivity contribution in [3.8, 4) is 0 Å². The minimum Gasteiger partial charge on any atom is -0.469 e. The van der Waals surface area contributed by atoms with Crippen molar-refractivity contribution in [1.29, 1.82) is 0 Å². The molecule has 0 saturated carbocycles. The molecule has 1 heterocycles. The number of ether oxygens (including phenoxy) is 1. The largest absolute Gasteiger partial charge is 0.469 e. The van der Waals surface area contributed by atoms with Gasteiger partial charge < -0.3 is 15.4 Å². The van der Waals surface area contributed by atoms with E-state index in [4.69, 9.17) is 0 Å². The van der Waals surface area contributed by atoms with Crippen molar-refractivity contribution >= 4 is 11.9 Å². The second-order valence-corrected chi connectivity index (χ2v) is 3.68. The quantitative estimate of drug-likeness (QED) is 0.469. The second-order valence-electron chi connectivity index (χ2n) is 3.68. The van der Waals surface area contributed by atoms with Gasteiger partial charge in [0.1, 0.15) is 0 Å². The van der Waals surface area contributed by atoms with Gasteiger partial charge in [0, 0.05) is 26.1 Å². The maximum absolute atomic E-state index is 11.3. The third-order valence-corrected chi connectivity index (χ3v) is 2.49. The van der Waals surface area contributed by atoms with Crippen molar-refractivity contribution in [2.45, 2.75) is 19.3 Å². The summed E-state index contributed by atoms with van der Waals surface area (Å²) in [6, 6.07) is 0. The minimum atomic E-state index is -0.190. The Morgan fingerprint density at radius 3 is 2.67 bits per heavy atom. The highest BCUT2D eigenvalue weighted by atomic mass is 16.5. The van der Waals surface area contributed by atoms with Crippen LogP contribution in [0.5, 0.6) is 0 Å². The molecule has 0 aromatic carbocycles. The molecular weight excluding hydrogens is 196 g/mol. The fraction of sp³-hybridized carbons (Fsp3) is 0.800. The highest BCUT2D eigenvalue weighted by Gasteiger charge is 2.23. The lowest BCUT2D eigenvalue weighted by Gasteiger charge is -2.25. The lowest BCUT2D eigenvalue weighted by molar-refractivity contribution is -0.140. The van der Waals surface area contributed by atoms with Crippen LogP contribution in [0.3, 0.4) is 0 Å². The summed E-state index contributed by atoms with van der Waals surface area (Å²) in [5.41, 5.74) is 0. The minimum absolute atomic E-state index is 0.117. The molecule has 0 unspecified atom stereocenters. The Balaban J connectivity index is 1.92. The predicted octanol–water partition coefficient (Wildman–Crippen LogP) is -0.335. The van der Waals surface area contributed by atoms with E-state index >= 15 is 0 Å². The van der Waals surface area contributed by atoms with Gasteiger partial charge in [0.25, 0.3) is 0 Å². The van der Waals surface area contributed by atoms with E-state index < -0.39 is 0 Å². The molecular formula is C10H18N2O3. The average Bonchev–Trinajstić information content (AvgIpc) is 2.14. The zero-order valence-electron chi connectivity index (χ0n) is 9.04. The van der Waals surface area contributed by atoms with E-state index in [0.717, 1.165) is 25.9 Å². The zero-order valence-corrected chi connectivity index (χ0v) is 9.04. The molecule has 0 radical (unpaired) electrons. The van der Waals surface area contributed by atoms with Gasteiger partial charge in [-0.15, -0.1) is 0 Å². The predicted molar refractivity (Wildman–Crippen MR) is 55.2 cm³/mol. The smallest absolute Gasteiger partial charge is 0.305 e. The number of hydrogen-bond donors (Lipinski definition) is 2. The van der Waals surface area contributed by atoms with Crippen molar-refractivity contribution in [1.82, 2.24) is 10.6 Å². The topological polar surface area (TPSA) is 67.4 Å². The summed E-state index contributed by atoms with van der Waals surface area (Å²) in [6.45, 7) is 2.22. The Morgan fingerprint density at radius 2 is 2.13 bits per heavy atom. The Hall–Kier alpha value is -1.10. The van der Waals surface area contributed by atoms with Gasteiger partial charge in [-0.3, -0.25) is 9.59 Å². The molecule has 5 heteroatoms. The van der Waals surface area contributed by atoms with E-state index in [2.05, 4.69) is 15.4 Å². The molecule has 2 N–H and O–H groups in total. The van der Waals surface area contributed by atoms with Crippen LogP contribution in [0.25, 0.3) is 0 Å². The van der Waals surface area contributed by atoms with Gasteiger partial charge in [-0.25, -0.2) is 0 Å². The van der Waals surface area contributed by atoms with Gasteiger partial charge in [0.2, 0.25) is 5.91 Å². The first-order valence-electron chi connectivity index (χ1n) is 5.29. The summed E-state index contributed by atoms with van der Waals surface area (Å²) in [7, 11) is 1.38. The first-order valence-corrected chi connectivity index (χ1v) is 5.29. The maximum atomic E-state index is 11.3. The standard InChI is InChI=1S/C10H18N2O3/c1-15-9(13)4-2-3-5-12-10(14)8-6-11-7-8/h8,11H,2-7H2,1H3,(H,12,14). The summed E-state index contributed by atoms with van der Waals surface area (Å²) >= 11 is 0. The van der Waals surface area contributed by atoms with Crippen LogP contribution in [0.15, 0.2) is 0 Å². The summed E-state index contributed by atoms with van der Waals surface area (Å²) in [4.78, 5) is 22.1. The van der Waals surface area contributed by atoms with Crippen molar-refractivity contribution in [2.24, 2.45) is 5.92 Å². The van der Waals surface area contributed by atoms with Crippen molar-refractivity contribution in [3.05, 3.63) is 0 Å². The SMILES string of the molecule is COC(=O)CCCCNC(=O)C1CNC1. The fourth-order valence-corrected chi connectivity index (χ4v) is 1.33. The number of carbonyl (C=O) groups excluding carboxylic acids is 2. The molecule has 0 aromatic rings. The van der Waals surface area contributed by atoms with Gasteiger partial charge in [-0.2, -0.15) is 0 Å². The number of rotatable bonds is 6. The summed E-state index contributed by atoms with van der Waals surface area (Å²) in [5.74, 6) is 0.0712. The Kier molecular flexibility index (Phi) is 5.10. The Bertz CT molecular complexity index is 227. The molecule has 0 atom stereocenters.